The average Bonchev–Trinajstić information content (AvgIpc) is 2.29. The molecule has 2 nitrogen and oxygen atoms in total. The number of benzene rings is 1. The van der Waals surface area contributed by atoms with E-state index in [-0.39, 0.29) is 25.0 Å². The van der Waals surface area contributed by atoms with E-state index in [9.17, 15) is 22.8 Å². The lowest BCUT2D eigenvalue weighted by Crippen LogP contribution is -2.10. The molecule has 1 rings (SSSR count). The summed E-state index contributed by atoms with van der Waals surface area (Å²) in [6.07, 6.45) is -3.20. The van der Waals surface area contributed by atoms with Crippen LogP contribution in [-0.2, 0) is 4.79 Å². The van der Waals surface area contributed by atoms with Gasteiger partial charge in [-0.1, -0.05) is 0 Å². The molecule has 0 aliphatic rings. The molecule has 0 spiro atoms. The fraction of sp³-hybridized carbons (Fsp3) is 0.333. The monoisotopic (exact) mass is 244 g/mol. The van der Waals surface area contributed by atoms with E-state index in [0.717, 1.165) is 12.1 Å². The van der Waals surface area contributed by atoms with Gasteiger partial charge in [0.1, 0.15) is 5.82 Å². The summed E-state index contributed by atoms with van der Waals surface area (Å²) in [6.45, 7) is 0. The number of halogens is 3. The zero-order chi connectivity index (χ0) is 12.8. The normalized spacial score (nSPS) is 10.6. The lowest BCUT2D eigenvalue weighted by molar-refractivity contribution is -0.129. The Labute approximate surface area is 96.4 Å². The van der Waals surface area contributed by atoms with Gasteiger partial charge in [0.15, 0.2) is 11.6 Å². The minimum absolute atomic E-state index is 0.00406. The third kappa shape index (κ3) is 4.38. The van der Waals surface area contributed by atoms with Gasteiger partial charge in [0.25, 0.3) is 6.43 Å². The molecule has 0 fully saturated rings. The van der Waals surface area contributed by atoms with E-state index in [4.69, 9.17) is 0 Å². The SMILES string of the molecule is O=C(CCCC(=O)C(F)F)c1ccc(F)cc1. The molecule has 0 aliphatic heterocycles. The predicted molar refractivity (Wildman–Crippen MR) is 55.6 cm³/mol. The van der Waals surface area contributed by atoms with Gasteiger partial charge in [-0.25, -0.2) is 13.2 Å². The fourth-order valence-corrected chi connectivity index (χ4v) is 1.31. The molecule has 1 aromatic carbocycles. The summed E-state index contributed by atoms with van der Waals surface area (Å²) in [4.78, 5) is 22.1. The maximum atomic E-state index is 12.6. The summed E-state index contributed by atoms with van der Waals surface area (Å²) in [7, 11) is 0. The maximum absolute atomic E-state index is 12.6. The van der Waals surface area contributed by atoms with Crippen LogP contribution in [0.15, 0.2) is 24.3 Å². The summed E-state index contributed by atoms with van der Waals surface area (Å²) in [5.74, 6) is -1.89. The molecule has 0 N–H and O–H groups in total. The molecular formula is C12H11F3O2. The highest BCUT2D eigenvalue weighted by molar-refractivity contribution is 5.96. The Morgan fingerprint density at radius 2 is 1.65 bits per heavy atom. The number of Topliss-reactive ketones (excluding diaryl/α,β-unsaturated/α-hetero) is 2. The molecule has 0 heterocycles. The summed E-state index contributed by atoms with van der Waals surface area (Å²) in [5.41, 5.74) is 0.316. The highest BCUT2D eigenvalue weighted by atomic mass is 19.3. The van der Waals surface area contributed by atoms with Crippen LogP contribution in [0.2, 0.25) is 0 Å². The second-order valence-electron chi connectivity index (χ2n) is 3.55. The molecule has 0 bridgehead atoms. The smallest absolute Gasteiger partial charge is 0.294 e. The van der Waals surface area contributed by atoms with Crippen LogP contribution in [0.5, 0.6) is 0 Å². The topological polar surface area (TPSA) is 34.1 Å². The Morgan fingerprint density at radius 1 is 1.06 bits per heavy atom. The third-order valence-electron chi connectivity index (χ3n) is 2.24. The molecule has 5 heteroatoms. The molecule has 17 heavy (non-hydrogen) atoms. The van der Waals surface area contributed by atoms with Gasteiger partial charge in [-0.15, -0.1) is 0 Å². The molecule has 0 aromatic heterocycles. The van der Waals surface area contributed by atoms with Gasteiger partial charge in [-0.3, -0.25) is 9.59 Å². The van der Waals surface area contributed by atoms with Gasteiger partial charge in [-0.05, 0) is 30.7 Å². The Balaban J connectivity index is 2.40. The largest absolute Gasteiger partial charge is 0.295 e. The molecule has 92 valence electrons. The first-order chi connectivity index (χ1) is 8.00. The van der Waals surface area contributed by atoms with Crippen molar-refractivity contribution in [2.24, 2.45) is 0 Å². The van der Waals surface area contributed by atoms with Crippen molar-refractivity contribution in [1.82, 2.24) is 0 Å². The summed E-state index contributed by atoms with van der Waals surface area (Å²) < 4.78 is 36.2. The van der Waals surface area contributed by atoms with Gasteiger partial charge < -0.3 is 0 Å². The number of ketones is 2. The zero-order valence-corrected chi connectivity index (χ0v) is 8.96. The van der Waals surface area contributed by atoms with Crippen LogP contribution in [0.1, 0.15) is 29.6 Å². The predicted octanol–water partition coefficient (Wildman–Crippen LogP) is 3.01. The maximum Gasteiger partial charge on any atom is 0.295 e. The van der Waals surface area contributed by atoms with Crippen LogP contribution in [0.25, 0.3) is 0 Å². The molecule has 0 radical (unpaired) electrons. The quantitative estimate of drug-likeness (QED) is 0.721. The Hall–Kier alpha value is -1.65. The highest BCUT2D eigenvalue weighted by Gasteiger charge is 2.15. The average molecular weight is 244 g/mol. The second kappa shape index (κ2) is 6.18. The zero-order valence-electron chi connectivity index (χ0n) is 8.96. The van der Waals surface area contributed by atoms with Crippen molar-refractivity contribution in [3.05, 3.63) is 35.6 Å². The first-order valence-electron chi connectivity index (χ1n) is 5.10. The van der Waals surface area contributed by atoms with Gasteiger partial charge in [0.05, 0.1) is 0 Å². The van der Waals surface area contributed by atoms with Crippen molar-refractivity contribution in [2.45, 2.75) is 25.7 Å². The Bertz CT molecular complexity index is 399. The van der Waals surface area contributed by atoms with Crippen molar-refractivity contribution >= 4 is 11.6 Å². The molecule has 0 unspecified atom stereocenters. The van der Waals surface area contributed by atoms with E-state index in [1.165, 1.54) is 12.1 Å². The van der Waals surface area contributed by atoms with Crippen LogP contribution >= 0.6 is 0 Å². The highest BCUT2D eigenvalue weighted by Crippen LogP contribution is 2.10. The number of carbonyl (C=O) groups is 2. The molecule has 1 aromatic rings. The Morgan fingerprint density at radius 3 is 2.18 bits per heavy atom. The van der Waals surface area contributed by atoms with Gasteiger partial charge in [-0.2, -0.15) is 0 Å². The lowest BCUT2D eigenvalue weighted by Gasteiger charge is -2.01. The molecule has 0 aliphatic carbocycles. The molecule has 0 saturated carbocycles. The molecule has 0 atom stereocenters. The number of rotatable bonds is 6. The van der Waals surface area contributed by atoms with E-state index in [0.29, 0.717) is 5.56 Å². The Kier molecular flexibility index (Phi) is 4.87. The minimum Gasteiger partial charge on any atom is -0.294 e. The van der Waals surface area contributed by atoms with Crippen molar-refractivity contribution in [2.75, 3.05) is 0 Å². The van der Waals surface area contributed by atoms with Crippen LogP contribution in [0.4, 0.5) is 13.2 Å². The van der Waals surface area contributed by atoms with Crippen LogP contribution < -0.4 is 0 Å². The van der Waals surface area contributed by atoms with Crippen molar-refractivity contribution in [3.63, 3.8) is 0 Å². The van der Waals surface area contributed by atoms with Crippen molar-refractivity contribution in [1.29, 1.82) is 0 Å². The number of hydrogen-bond acceptors (Lipinski definition) is 2. The summed E-state index contributed by atoms with van der Waals surface area (Å²) in [6, 6.07) is 4.95. The molecular weight excluding hydrogens is 233 g/mol. The van der Waals surface area contributed by atoms with E-state index >= 15 is 0 Å². The number of alkyl halides is 2. The lowest BCUT2D eigenvalue weighted by atomic mass is 10.0. The van der Waals surface area contributed by atoms with Gasteiger partial charge in [0.2, 0.25) is 0 Å². The third-order valence-corrected chi connectivity index (χ3v) is 2.24. The summed E-state index contributed by atoms with van der Waals surface area (Å²) >= 11 is 0. The van der Waals surface area contributed by atoms with Gasteiger partial charge >= 0.3 is 0 Å². The van der Waals surface area contributed by atoms with E-state index in [1.54, 1.807) is 0 Å². The van der Waals surface area contributed by atoms with Crippen LogP contribution in [0.3, 0.4) is 0 Å². The number of hydrogen-bond donors (Lipinski definition) is 0. The summed E-state index contributed by atoms with van der Waals surface area (Å²) in [5, 5.41) is 0. The van der Waals surface area contributed by atoms with Crippen molar-refractivity contribution < 1.29 is 22.8 Å². The number of carbonyl (C=O) groups excluding carboxylic acids is 2. The van der Waals surface area contributed by atoms with E-state index < -0.39 is 18.0 Å². The van der Waals surface area contributed by atoms with Crippen LogP contribution in [0, 0.1) is 5.82 Å². The molecule has 0 amide bonds. The van der Waals surface area contributed by atoms with Gasteiger partial charge in [0, 0.05) is 18.4 Å². The fourth-order valence-electron chi connectivity index (χ4n) is 1.31. The van der Waals surface area contributed by atoms with E-state index in [2.05, 4.69) is 0 Å². The van der Waals surface area contributed by atoms with E-state index in [1.807, 2.05) is 0 Å². The molecule has 0 saturated heterocycles. The second-order valence-corrected chi connectivity index (χ2v) is 3.55. The first-order valence-corrected chi connectivity index (χ1v) is 5.10. The first kappa shape index (κ1) is 13.4. The van der Waals surface area contributed by atoms with Crippen molar-refractivity contribution in [3.8, 4) is 0 Å². The van der Waals surface area contributed by atoms with Crippen LogP contribution in [-0.4, -0.2) is 18.0 Å². The standard InChI is InChI=1S/C12H11F3O2/c13-9-6-4-8(5-7-9)10(16)2-1-3-11(17)12(14)15/h4-7,12H,1-3H2. The minimum atomic E-state index is -2.98.